The summed E-state index contributed by atoms with van der Waals surface area (Å²) in [7, 11) is 0. The molecule has 0 atom stereocenters. The monoisotopic (exact) mass is 339 g/mol. The smallest absolute Gasteiger partial charge is 0.270 e. The Morgan fingerprint density at radius 2 is 2.16 bits per heavy atom. The first-order valence-corrected chi connectivity index (χ1v) is 8.26. The van der Waals surface area contributed by atoms with E-state index in [1.807, 2.05) is 38.2 Å². The highest BCUT2D eigenvalue weighted by atomic mass is 16.5. The van der Waals surface area contributed by atoms with Crippen molar-refractivity contribution in [1.29, 1.82) is 0 Å². The predicted octanol–water partition coefficient (Wildman–Crippen LogP) is 2.72. The summed E-state index contributed by atoms with van der Waals surface area (Å²) in [6.45, 7) is 4.73. The molecule has 0 fully saturated rings. The average Bonchev–Trinajstić information content (AvgIpc) is 2.92. The maximum absolute atomic E-state index is 12.6. The fraction of sp³-hybridized carbons (Fsp3) is 0.263. The van der Waals surface area contributed by atoms with Gasteiger partial charge in [0.1, 0.15) is 11.4 Å². The number of aryl methyl sites for hydroxylation is 1. The second-order valence-electron chi connectivity index (χ2n) is 5.72. The number of fused-ring (bicyclic) bond motifs is 1. The van der Waals surface area contributed by atoms with Crippen LogP contribution < -0.4 is 10.1 Å². The number of imidazole rings is 1. The van der Waals surface area contributed by atoms with Crippen molar-refractivity contribution < 1.29 is 14.6 Å². The molecule has 1 amide bonds. The van der Waals surface area contributed by atoms with Gasteiger partial charge in [0, 0.05) is 12.7 Å². The minimum Gasteiger partial charge on any atom is -0.508 e. The lowest BCUT2D eigenvalue weighted by Crippen LogP contribution is -2.27. The predicted molar refractivity (Wildman–Crippen MR) is 95.2 cm³/mol. The molecule has 2 N–H and O–H groups in total. The number of hydrogen-bond donors (Lipinski definition) is 2. The van der Waals surface area contributed by atoms with Gasteiger partial charge in [-0.2, -0.15) is 0 Å². The van der Waals surface area contributed by atoms with Gasteiger partial charge in [-0.15, -0.1) is 0 Å². The van der Waals surface area contributed by atoms with Crippen molar-refractivity contribution in [3.63, 3.8) is 0 Å². The van der Waals surface area contributed by atoms with Gasteiger partial charge in [0.05, 0.1) is 12.3 Å². The number of carbonyl (C=O) groups is 1. The third-order valence-corrected chi connectivity index (χ3v) is 3.91. The summed E-state index contributed by atoms with van der Waals surface area (Å²) in [6.07, 6.45) is 2.45. The molecule has 1 aromatic carbocycles. The van der Waals surface area contributed by atoms with E-state index in [2.05, 4.69) is 10.3 Å². The molecular formula is C19H21N3O3. The number of nitrogens with one attached hydrogen (secondary N) is 1. The lowest BCUT2D eigenvalue weighted by atomic mass is 10.1. The highest BCUT2D eigenvalue weighted by Gasteiger charge is 2.18. The molecule has 0 saturated heterocycles. The van der Waals surface area contributed by atoms with Crippen molar-refractivity contribution in [2.45, 2.75) is 20.3 Å². The topological polar surface area (TPSA) is 75.9 Å². The molecule has 130 valence electrons. The Hall–Kier alpha value is -3.02. The van der Waals surface area contributed by atoms with Crippen LogP contribution in [0, 0.1) is 6.92 Å². The van der Waals surface area contributed by atoms with Crippen LogP contribution in [0.3, 0.4) is 0 Å². The van der Waals surface area contributed by atoms with Gasteiger partial charge in [-0.25, -0.2) is 4.98 Å². The fourth-order valence-corrected chi connectivity index (χ4v) is 2.81. The van der Waals surface area contributed by atoms with Crippen LogP contribution in [0.1, 0.15) is 28.7 Å². The van der Waals surface area contributed by atoms with E-state index in [0.717, 1.165) is 5.56 Å². The van der Waals surface area contributed by atoms with Gasteiger partial charge in [0.2, 0.25) is 0 Å². The molecule has 3 aromatic rings. The third kappa shape index (κ3) is 3.57. The number of phenols is 1. The molecule has 0 bridgehead atoms. The number of aromatic hydroxyl groups is 1. The van der Waals surface area contributed by atoms with Crippen molar-refractivity contribution in [2.75, 3.05) is 13.2 Å². The third-order valence-electron chi connectivity index (χ3n) is 3.91. The van der Waals surface area contributed by atoms with E-state index in [1.165, 1.54) is 0 Å². The van der Waals surface area contributed by atoms with Crippen molar-refractivity contribution >= 4 is 11.6 Å². The molecule has 2 aromatic heterocycles. The second-order valence-corrected chi connectivity index (χ2v) is 5.72. The first-order chi connectivity index (χ1) is 12.1. The van der Waals surface area contributed by atoms with E-state index in [1.54, 1.807) is 22.6 Å². The van der Waals surface area contributed by atoms with Crippen molar-refractivity contribution in [3.05, 3.63) is 59.5 Å². The summed E-state index contributed by atoms with van der Waals surface area (Å²) in [6, 6.07) is 10.7. The summed E-state index contributed by atoms with van der Waals surface area (Å²) in [5.41, 5.74) is 2.77. The molecule has 0 aliphatic heterocycles. The number of phenolic OH excluding ortho intramolecular Hbond substituents is 1. The zero-order chi connectivity index (χ0) is 17.8. The van der Waals surface area contributed by atoms with Crippen molar-refractivity contribution in [3.8, 4) is 11.5 Å². The van der Waals surface area contributed by atoms with E-state index in [9.17, 15) is 9.90 Å². The Morgan fingerprint density at radius 3 is 2.92 bits per heavy atom. The molecule has 0 unspecified atom stereocenters. The Labute approximate surface area is 146 Å². The normalized spacial score (nSPS) is 10.8. The molecule has 0 saturated carbocycles. The number of carbonyl (C=O) groups excluding carboxylic acids is 1. The fourth-order valence-electron chi connectivity index (χ4n) is 2.81. The average molecular weight is 339 g/mol. The van der Waals surface area contributed by atoms with Gasteiger partial charge >= 0.3 is 0 Å². The molecule has 0 aliphatic carbocycles. The number of benzene rings is 1. The molecule has 2 heterocycles. The number of aromatic nitrogens is 2. The van der Waals surface area contributed by atoms with Crippen LogP contribution >= 0.6 is 0 Å². The largest absolute Gasteiger partial charge is 0.508 e. The van der Waals surface area contributed by atoms with E-state index in [4.69, 9.17) is 4.74 Å². The Morgan fingerprint density at radius 1 is 1.32 bits per heavy atom. The van der Waals surface area contributed by atoms with Gasteiger partial charge in [0.15, 0.2) is 11.4 Å². The maximum Gasteiger partial charge on any atom is 0.270 e. The number of nitrogens with zero attached hydrogens (tertiary/aromatic N) is 2. The maximum atomic E-state index is 12.6. The first-order valence-electron chi connectivity index (χ1n) is 8.26. The van der Waals surface area contributed by atoms with Crippen LogP contribution in [0.5, 0.6) is 11.5 Å². The van der Waals surface area contributed by atoms with Crippen molar-refractivity contribution in [1.82, 2.24) is 14.7 Å². The number of hydrogen-bond acceptors (Lipinski definition) is 4. The minimum atomic E-state index is -0.182. The van der Waals surface area contributed by atoms with Crippen LogP contribution in [0.15, 0.2) is 42.6 Å². The van der Waals surface area contributed by atoms with E-state index >= 15 is 0 Å². The Bertz CT molecular complexity index is 902. The van der Waals surface area contributed by atoms with Gasteiger partial charge in [-0.05, 0) is 50.1 Å². The summed E-state index contributed by atoms with van der Waals surface area (Å²) in [5, 5.41) is 12.4. The molecule has 6 nitrogen and oxygen atoms in total. The standard InChI is InChI=1S/C19H21N3O3/c1-3-25-16-8-5-11-22-17(13(2)21-18(16)22)19(24)20-10-9-14-6-4-7-15(23)12-14/h4-8,11-12,23H,3,9-10H2,1-2H3,(H,20,24). The Kier molecular flexibility index (Phi) is 4.88. The lowest BCUT2D eigenvalue weighted by Gasteiger charge is -2.08. The van der Waals surface area contributed by atoms with Gasteiger partial charge in [0.25, 0.3) is 5.91 Å². The molecular weight excluding hydrogens is 318 g/mol. The summed E-state index contributed by atoms with van der Waals surface area (Å²) in [4.78, 5) is 17.1. The van der Waals surface area contributed by atoms with Gasteiger partial charge in [-0.3, -0.25) is 9.20 Å². The van der Waals surface area contributed by atoms with Crippen LogP contribution in [0.25, 0.3) is 5.65 Å². The first kappa shape index (κ1) is 16.8. The SMILES string of the molecule is CCOc1cccn2c(C(=O)NCCc3cccc(O)c3)c(C)nc12. The number of ether oxygens (including phenoxy) is 1. The number of amides is 1. The van der Waals surface area contributed by atoms with Crippen LogP contribution in [-0.2, 0) is 6.42 Å². The number of pyridine rings is 1. The highest BCUT2D eigenvalue weighted by molar-refractivity contribution is 5.95. The van der Waals surface area contributed by atoms with E-state index < -0.39 is 0 Å². The Balaban J connectivity index is 1.76. The van der Waals surface area contributed by atoms with E-state index in [-0.39, 0.29) is 11.7 Å². The lowest BCUT2D eigenvalue weighted by molar-refractivity contribution is 0.0947. The molecule has 6 heteroatoms. The second kappa shape index (κ2) is 7.25. The summed E-state index contributed by atoms with van der Waals surface area (Å²) in [5.74, 6) is 0.704. The van der Waals surface area contributed by atoms with Crippen molar-refractivity contribution in [2.24, 2.45) is 0 Å². The van der Waals surface area contributed by atoms with Gasteiger partial charge in [-0.1, -0.05) is 12.1 Å². The molecule has 25 heavy (non-hydrogen) atoms. The molecule has 0 spiro atoms. The van der Waals surface area contributed by atoms with Crippen LogP contribution in [0.2, 0.25) is 0 Å². The van der Waals surface area contributed by atoms with Gasteiger partial charge < -0.3 is 15.2 Å². The summed E-state index contributed by atoms with van der Waals surface area (Å²) < 4.78 is 7.33. The zero-order valence-corrected chi connectivity index (χ0v) is 14.3. The molecule has 0 radical (unpaired) electrons. The quantitative estimate of drug-likeness (QED) is 0.724. The highest BCUT2D eigenvalue weighted by Crippen LogP contribution is 2.22. The number of rotatable bonds is 6. The van der Waals surface area contributed by atoms with Crippen LogP contribution in [-0.4, -0.2) is 33.6 Å². The van der Waals surface area contributed by atoms with Crippen LogP contribution in [0.4, 0.5) is 0 Å². The molecule has 0 aliphatic rings. The summed E-state index contributed by atoms with van der Waals surface area (Å²) >= 11 is 0. The minimum absolute atomic E-state index is 0.182. The van der Waals surface area contributed by atoms with E-state index in [0.29, 0.717) is 42.4 Å². The molecule has 3 rings (SSSR count). The zero-order valence-electron chi connectivity index (χ0n) is 14.3.